The smallest absolute Gasteiger partial charge is 0.253 e. The van der Waals surface area contributed by atoms with Gasteiger partial charge in [-0.15, -0.1) is 0 Å². The van der Waals surface area contributed by atoms with Crippen LogP contribution in [-0.4, -0.2) is 35.8 Å². The first-order valence-electron chi connectivity index (χ1n) is 9.21. The Labute approximate surface area is 144 Å². The Morgan fingerprint density at radius 3 is 2.33 bits per heavy atom. The quantitative estimate of drug-likeness (QED) is 0.926. The number of amides is 2. The van der Waals surface area contributed by atoms with Gasteiger partial charge >= 0.3 is 0 Å². The zero-order valence-electron chi connectivity index (χ0n) is 14.8. The Balaban J connectivity index is 1.63. The minimum atomic E-state index is -0.0609. The largest absolute Gasteiger partial charge is 0.353 e. The number of nitrogens with zero attached hydrogens (tertiary/aromatic N) is 1. The topological polar surface area (TPSA) is 49.4 Å². The fourth-order valence-electron chi connectivity index (χ4n) is 4.05. The molecular formula is C20H28N2O2. The molecule has 130 valence electrons. The predicted molar refractivity (Wildman–Crippen MR) is 94.9 cm³/mol. The second-order valence-corrected chi connectivity index (χ2v) is 7.46. The summed E-state index contributed by atoms with van der Waals surface area (Å²) >= 11 is 0. The fraction of sp³-hybridized carbons (Fsp3) is 0.600. The van der Waals surface area contributed by atoms with Gasteiger partial charge in [0.25, 0.3) is 5.91 Å². The summed E-state index contributed by atoms with van der Waals surface area (Å²) in [6.45, 7) is 5.32. The predicted octanol–water partition coefficient (Wildman–Crippen LogP) is 3.21. The average molecular weight is 328 g/mol. The number of rotatable bonds is 3. The van der Waals surface area contributed by atoms with Crippen molar-refractivity contribution < 1.29 is 9.59 Å². The van der Waals surface area contributed by atoms with E-state index in [-0.39, 0.29) is 17.7 Å². The number of aryl methyl sites for hydroxylation is 2. The number of carbonyl (C=O) groups excluding carboxylic acids is 2. The lowest BCUT2D eigenvalue weighted by Gasteiger charge is -2.32. The van der Waals surface area contributed by atoms with Crippen LogP contribution in [0.1, 0.15) is 60.0 Å². The minimum Gasteiger partial charge on any atom is -0.353 e. The molecule has 3 rings (SSSR count). The Hall–Kier alpha value is -1.84. The fourth-order valence-corrected chi connectivity index (χ4v) is 4.05. The molecule has 0 aromatic heterocycles. The van der Waals surface area contributed by atoms with Crippen LogP contribution < -0.4 is 5.32 Å². The minimum absolute atomic E-state index is 0.0557. The van der Waals surface area contributed by atoms with Gasteiger partial charge < -0.3 is 10.2 Å². The molecule has 0 unspecified atom stereocenters. The summed E-state index contributed by atoms with van der Waals surface area (Å²) in [6.07, 6.45) is 6.42. The summed E-state index contributed by atoms with van der Waals surface area (Å²) < 4.78 is 0. The van der Waals surface area contributed by atoms with Crippen molar-refractivity contribution in [3.05, 3.63) is 34.9 Å². The van der Waals surface area contributed by atoms with E-state index in [1.165, 1.54) is 12.8 Å². The van der Waals surface area contributed by atoms with Gasteiger partial charge in [0, 0.05) is 24.7 Å². The molecule has 2 fully saturated rings. The number of benzene rings is 1. The number of carbonyl (C=O) groups is 2. The highest BCUT2D eigenvalue weighted by Gasteiger charge is 2.30. The number of nitrogens with one attached hydrogen (secondary N) is 1. The Bertz CT molecular complexity index is 600. The highest BCUT2D eigenvalue weighted by atomic mass is 16.2. The van der Waals surface area contributed by atoms with E-state index in [1.54, 1.807) is 0 Å². The van der Waals surface area contributed by atoms with E-state index >= 15 is 0 Å². The maximum Gasteiger partial charge on any atom is 0.253 e. The van der Waals surface area contributed by atoms with Crippen LogP contribution in [0.5, 0.6) is 0 Å². The molecule has 1 saturated heterocycles. The first-order valence-corrected chi connectivity index (χ1v) is 9.21. The van der Waals surface area contributed by atoms with Crippen molar-refractivity contribution in [2.75, 3.05) is 13.1 Å². The third kappa shape index (κ3) is 3.97. The van der Waals surface area contributed by atoms with E-state index in [0.29, 0.717) is 12.6 Å². The molecule has 4 nitrogen and oxygen atoms in total. The van der Waals surface area contributed by atoms with Crippen LogP contribution in [0, 0.1) is 19.8 Å². The standard InChI is InChI=1S/C20H28N2O2/c1-14-10-15(2)12-17(11-14)20(24)22-9-5-6-16(13-22)19(23)21-18-7-3-4-8-18/h10-12,16,18H,3-9,13H2,1-2H3,(H,21,23)/t16-/m0/s1. The van der Waals surface area contributed by atoms with Crippen molar-refractivity contribution >= 4 is 11.8 Å². The van der Waals surface area contributed by atoms with E-state index in [4.69, 9.17) is 0 Å². The molecule has 1 saturated carbocycles. The van der Waals surface area contributed by atoms with Gasteiger partial charge in [-0.2, -0.15) is 0 Å². The summed E-state index contributed by atoms with van der Waals surface area (Å²) in [5.74, 6) is 0.134. The molecule has 0 bridgehead atoms. The monoisotopic (exact) mass is 328 g/mol. The van der Waals surface area contributed by atoms with Crippen molar-refractivity contribution in [1.82, 2.24) is 10.2 Å². The molecule has 1 aliphatic carbocycles. The highest BCUT2D eigenvalue weighted by Crippen LogP contribution is 2.22. The molecule has 1 aliphatic heterocycles. The van der Waals surface area contributed by atoms with Crippen LogP contribution in [0.15, 0.2) is 18.2 Å². The Morgan fingerprint density at radius 2 is 1.67 bits per heavy atom. The molecule has 1 aromatic rings. The molecule has 1 N–H and O–H groups in total. The van der Waals surface area contributed by atoms with E-state index in [2.05, 4.69) is 11.4 Å². The zero-order chi connectivity index (χ0) is 17.1. The first-order chi connectivity index (χ1) is 11.5. The van der Waals surface area contributed by atoms with Crippen LogP contribution in [0.25, 0.3) is 0 Å². The van der Waals surface area contributed by atoms with Crippen molar-refractivity contribution in [2.45, 2.75) is 58.4 Å². The summed E-state index contributed by atoms with van der Waals surface area (Å²) in [6, 6.07) is 6.31. The van der Waals surface area contributed by atoms with Crippen LogP contribution in [0.4, 0.5) is 0 Å². The third-order valence-electron chi connectivity index (χ3n) is 5.25. The molecule has 1 heterocycles. The van der Waals surface area contributed by atoms with Gasteiger partial charge in [-0.3, -0.25) is 9.59 Å². The van der Waals surface area contributed by atoms with Gasteiger partial charge in [-0.05, 0) is 51.7 Å². The van der Waals surface area contributed by atoms with Gasteiger partial charge in [0.2, 0.25) is 5.91 Å². The zero-order valence-corrected chi connectivity index (χ0v) is 14.8. The van der Waals surface area contributed by atoms with Crippen molar-refractivity contribution in [3.8, 4) is 0 Å². The molecular weight excluding hydrogens is 300 g/mol. The van der Waals surface area contributed by atoms with Crippen LogP contribution in [0.3, 0.4) is 0 Å². The second kappa shape index (κ2) is 7.37. The third-order valence-corrected chi connectivity index (χ3v) is 5.25. The molecule has 4 heteroatoms. The van der Waals surface area contributed by atoms with Crippen LogP contribution >= 0.6 is 0 Å². The van der Waals surface area contributed by atoms with Gasteiger partial charge in [0.15, 0.2) is 0 Å². The number of hydrogen-bond donors (Lipinski definition) is 1. The molecule has 2 aliphatic rings. The van der Waals surface area contributed by atoms with Crippen molar-refractivity contribution in [3.63, 3.8) is 0 Å². The second-order valence-electron chi connectivity index (χ2n) is 7.46. The van der Waals surface area contributed by atoms with Gasteiger partial charge in [0.05, 0.1) is 5.92 Å². The summed E-state index contributed by atoms with van der Waals surface area (Å²) in [5, 5.41) is 3.19. The van der Waals surface area contributed by atoms with Gasteiger partial charge in [-0.1, -0.05) is 30.0 Å². The molecule has 1 atom stereocenters. The maximum atomic E-state index is 12.8. The van der Waals surface area contributed by atoms with Crippen molar-refractivity contribution in [2.24, 2.45) is 5.92 Å². The average Bonchev–Trinajstić information content (AvgIpc) is 3.06. The number of hydrogen-bond acceptors (Lipinski definition) is 2. The van der Waals surface area contributed by atoms with E-state index < -0.39 is 0 Å². The Kier molecular flexibility index (Phi) is 5.22. The normalized spacial score (nSPS) is 21.8. The molecule has 0 radical (unpaired) electrons. The van der Waals surface area contributed by atoms with E-state index in [9.17, 15) is 9.59 Å². The van der Waals surface area contributed by atoms with Crippen LogP contribution in [-0.2, 0) is 4.79 Å². The number of piperidine rings is 1. The van der Waals surface area contributed by atoms with Gasteiger partial charge in [0.1, 0.15) is 0 Å². The summed E-state index contributed by atoms with van der Waals surface area (Å²) in [4.78, 5) is 27.2. The van der Waals surface area contributed by atoms with Gasteiger partial charge in [-0.25, -0.2) is 0 Å². The SMILES string of the molecule is Cc1cc(C)cc(C(=O)N2CCC[C@H](C(=O)NC3CCCC3)C2)c1. The summed E-state index contributed by atoms with van der Waals surface area (Å²) in [5.41, 5.74) is 2.95. The van der Waals surface area contributed by atoms with E-state index in [1.807, 2.05) is 30.9 Å². The summed E-state index contributed by atoms with van der Waals surface area (Å²) in [7, 11) is 0. The lowest BCUT2D eigenvalue weighted by atomic mass is 9.95. The molecule has 24 heavy (non-hydrogen) atoms. The lowest BCUT2D eigenvalue weighted by Crippen LogP contribution is -2.47. The van der Waals surface area contributed by atoms with Crippen molar-refractivity contribution in [1.29, 1.82) is 0 Å². The first kappa shape index (κ1) is 17.0. The highest BCUT2D eigenvalue weighted by molar-refractivity contribution is 5.95. The maximum absolute atomic E-state index is 12.8. The Morgan fingerprint density at radius 1 is 1.00 bits per heavy atom. The van der Waals surface area contributed by atoms with E-state index in [0.717, 1.165) is 48.9 Å². The lowest BCUT2D eigenvalue weighted by molar-refractivity contribution is -0.127. The molecule has 1 aromatic carbocycles. The van der Waals surface area contributed by atoms with Crippen LogP contribution in [0.2, 0.25) is 0 Å². The number of likely N-dealkylation sites (tertiary alicyclic amines) is 1. The molecule has 0 spiro atoms. The molecule has 2 amide bonds.